The van der Waals surface area contributed by atoms with Crippen LogP contribution in [0.3, 0.4) is 0 Å². The van der Waals surface area contributed by atoms with Crippen LogP contribution >= 0.6 is 0 Å². The number of hydrogen-bond acceptors (Lipinski definition) is 4. The fraction of sp³-hybridized carbons (Fsp3) is 0.400. The van der Waals surface area contributed by atoms with Crippen LogP contribution in [0, 0.1) is 0 Å². The second kappa shape index (κ2) is 6.61. The zero-order valence-corrected chi connectivity index (χ0v) is 11.6. The molecule has 4 nitrogen and oxygen atoms in total. The van der Waals surface area contributed by atoms with Gasteiger partial charge < -0.3 is 14.8 Å². The highest BCUT2D eigenvalue weighted by molar-refractivity contribution is 5.85. The number of nitrogens with one attached hydrogen (secondary N) is 1. The molecule has 2 aromatic rings. The van der Waals surface area contributed by atoms with Gasteiger partial charge in [-0.25, -0.2) is 0 Å². The van der Waals surface area contributed by atoms with Crippen LogP contribution in [-0.4, -0.2) is 32.0 Å². The van der Waals surface area contributed by atoms with Crippen molar-refractivity contribution in [3.63, 3.8) is 0 Å². The van der Waals surface area contributed by atoms with Gasteiger partial charge in [-0.3, -0.25) is 4.98 Å². The molecule has 1 unspecified atom stereocenters. The highest BCUT2D eigenvalue weighted by Crippen LogP contribution is 2.27. The molecule has 0 saturated carbocycles. The van der Waals surface area contributed by atoms with E-state index in [0.717, 1.165) is 17.5 Å². The maximum Gasteiger partial charge on any atom is 0.176 e. The molecule has 0 fully saturated rings. The van der Waals surface area contributed by atoms with Gasteiger partial charge in [0.15, 0.2) is 6.29 Å². The predicted molar refractivity (Wildman–Crippen MR) is 76.0 cm³/mol. The molecule has 102 valence electrons. The van der Waals surface area contributed by atoms with Crippen LogP contribution in [0.2, 0.25) is 0 Å². The lowest BCUT2D eigenvalue weighted by atomic mass is 9.99. The summed E-state index contributed by atoms with van der Waals surface area (Å²) in [4.78, 5) is 4.22. The van der Waals surface area contributed by atoms with E-state index in [1.54, 1.807) is 20.4 Å². The molecule has 0 aliphatic rings. The van der Waals surface area contributed by atoms with E-state index in [0.29, 0.717) is 0 Å². The first-order chi connectivity index (χ1) is 9.31. The van der Waals surface area contributed by atoms with Crippen LogP contribution in [0.15, 0.2) is 36.7 Å². The summed E-state index contributed by atoms with van der Waals surface area (Å²) in [5.74, 6) is 0. The van der Waals surface area contributed by atoms with E-state index in [-0.39, 0.29) is 12.3 Å². The average molecular weight is 260 g/mol. The van der Waals surface area contributed by atoms with Gasteiger partial charge in [0.25, 0.3) is 0 Å². The summed E-state index contributed by atoms with van der Waals surface area (Å²) >= 11 is 0. The molecule has 4 heteroatoms. The van der Waals surface area contributed by atoms with Gasteiger partial charge in [-0.2, -0.15) is 0 Å². The molecule has 1 aromatic carbocycles. The molecule has 1 atom stereocenters. The van der Waals surface area contributed by atoms with Gasteiger partial charge in [0.1, 0.15) is 0 Å². The second-order valence-corrected chi connectivity index (χ2v) is 4.32. The van der Waals surface area contributed by atoms with Crippen molar-refractivity contribution in [2.75, 3.05) is 20.8 Å². The van der Waals surface area contributed by atoms with Crippen LogP contribution < -0.4 is 5.32 Å². The molecule has 1 aromatic heterocycles. The first kappa shape index (κ1) is 13.9. The average Bonchev–Trinajstić information content (AvgIpc) is 2.47. The Morgan fingerprint density at radius 1 is 1.21 bits per heavy atom. The second-order valence-electron chi connectivity index (χ2n) is 4.32. The number of methoxy groups -OCH3 is 2. The van der Waals surface area contributed by atoms with E-state index in [1.807, 2.05) is 18.3 Å². The van der Waals surface area contributed by atoms with Gasteiger partial charge in [0, 0.05) is 32.0 Å². The highest BCUT2D eigenvalue weighted by atomic mass is 16.7. The first-order valence-corrected chi connectivity index (χ1v) is 6.43. The lowest BCUT2D eigenvalue weighted by Gasteiger charge is -2.26. The zero-order valence-electron chi connectivity index (χ0n) is 11.6. The Labute approximate surface area is 113 Å². The SMILES string of the molecule is CCNC(c1cccc2ccncc12)C(OC)OC. The molecule has 0 bridgehead atoms. The Morgan fingerprint density at radius 2 is 2.00 bits per heavy atom. The highest BCUT2D eigenvalue weighted by Gasteiger charge is 2.23. The normalized spacial score (nSPS) is 13.1. The molecule has 0 aliphatic carbocycles. The first-order valence-electron chi connectivity index (χ1n) is 6.43. The Bertz CT molecular complexity index is 521. The smallest absolute Gasteiger partial charge is 0.176 e. The number of nitrogens with zero attached hydrogens (tertiary/aromatic N) is 1. The summed E-state index contributed by atoms with van der Waals surface area (Å²) in [7, 11) is 3.31. The number of rotatable bonds is 6. The number of likely N-dealkylation sites (N-methyl/N-ethyl adjacent to an activating group) is 1. The van der Waals surface area contributed by atoms with Gasteiger partial charge in [-0.15, -0.1) is 0 Å². The largest absolute Gasteiger partial charge is 0.354 e. The maximum atomic E-state index is 5.41. The van der Waals surface area contributed by atoms with Crippen LogP contribution in [0.1, 0.15) is 18.5 Å². The van der Waals surface area contributed by atoms with Crippen molar-refractivity contribution in [1.82, 2.24) is 10.3 Å². The van der Waals surface area contributed by atoms with Gasteiger partial charge in [0.2, 0.25) is 0 Å². The molecule has 1 N–H and O–H groups in total. The van der Waals surface area contributed by atoms with Crippen molar-refractivity contribution in [1.29, 1.82) is 0 Å². The number of fused-ring (bicyclic) bond motifs is 1. The summed E-state index contributed by atoms with van der Waals surface area (Å²) in [6.45, 7) is 2.91. The van der Waals surface area contributed by atoms with E-state index in [4.69, 9.17) is 9.47 Å². The van der Waals surface area contributed by atoms with Crippen molar-refractivity contribution in [2.24, 2.45) is 0 Å². The number of hydrogen-bond donors (Lipinski definition) is 1. The predicted octanol–water partition coefficient (Wildman–Crippen LogP) is 2.50. The maximum absolute atomic E-state index is 5.41. The van der Waals surface area contributed by atoms with Gasteiger partial charge in [-0.05, 0) is 23.6 Å². The summed E-state index contributed by atoms with van der Waals surface area (Å²) in [5, 5.41) is 5.70. The number of pyridine rings is 1. The van der Waals surface area contributed by atoms with E-state index in [1.165, 1.54) is 5.39 Å². The fourth-order valence-electron chi connectivity index (χ4n) is 2.35. The molecule has 0 aliphatic heterocycles. The molecule has 0 spiro atoms. The van der Waals surface area contributed by atoms with Crippen LogP contribution in [0.5, 0.6) is 0 Å². The fourth-order valence-corrected chi connectivity index (χ4v) is 2.35. The molecule has 19 heavy (non-hydrogen) atoms. The Kier molecular flexibility index (Phi) is 4.85. The summed E-state index contributed by atoms with van der Waals surface area (Å²) in [6.07, 6.45) is 3.36. The van der Waals surface area contributed by atoms with E-state index < -0.39 is 0 Å². The molecule has 1 heterocycles. The van der Waals surface area contributed by atoms with E-state index >= 15 is 0 Å². The quantitative estimate of drug-likeness (QED) is 0.810. The number of benzene rings is 1. The van der Waals surface area contributed by atoms with Crippen LogP contribution in [-0.2, 0) is 9.47 Å². The van der Waals surface area contributed by atoms with Crippen LogP contribution in [0.25, 0.3) is 10.8 Å². The van der Waals surface area contributed by atoms with Crippen molar-refractivity contribution in [3.8, 4) is 0 Å². The number of aromatic nitrogens is 1. The Morgan fingerprint density at radius 3 is 2.68 bits per heavy atom. The third-order valence-electron chi connectivity index (χ3n) is 3.21. The minimum absolute atomic E-state index is 0.0205. The Balaban J connectivity index is 2.49. The minimum Gasteiger partial charge on any atom is -0.354 e. The summed E-state index contributed by atoms with van der Waals surface area (Å²) in [5.41, 5.74) is 1.14. The Hall–Kier alpha value is -1.49. The topological polar surface area (TPSA) is 43.4 Å². The third kappa shape index (κ3) is 2.92. The lowest BCUT2D eigenvalue weighted by molar-refractivity contribution is -0.123. The van der Waals surface area contributed by atoms with E-state index in [9.17, 15) is 0 Å². The molecule has 0 saturated heterocycles. The van der Waals surface area contributed by atoms with Crippen molar-refractivity contribution < 1.29 is 9.47 Å². The molecule has 0 amide bonds. The lowest BCUT2D eigenvalue weighted by Crippen LogP contribution is -2.34. The monoisotopic (exact) mass is 260 g/mol. The molecule has 0 radical (unpaired) electrons. The van der Waals surface area contributed by atoms with Gasteiger partial charge in [-0.1, -0.05) is 25.1 Å². The van der Waals surface area contributed by atoms with Crippen molar-refractivity contribution in [3.05, 3.63) is 42.2 Å². The van der Waals surface area contributed by atoms with Gasteiger partial charge in [0.05, 0.1) is 6.04 Å². The summed E-state index contributed by atoms with van der Waals surface area (Å²) in [6, 6.07) is 8.20. The van der Waals surface area contributed by atoms with Crippen LogP contribution in [0.4, 0.5) is 0 Å². The molecule has 2 rings (SSSR count). The molecular formula is C15H20N2O2. The summed E-state index contributed by atoms with van der Waals surface area (Å²) < 4.78 is 10.8. The van der Waals surface area contributed by atoms with Gasteiger partial charge >= 0.3 is 0 Å². The third-order valence-corrected chi connectivity index (χ3v) is 3.21. The van der Waals surface area contributed by atoms with Crippen molar-refractivity contribution in [2.45, 2.75) is 19.3 Å². The minimum atomic E-state index is -0.328. The molecular weight excluding hydrogens is 240 g/mol. The standard InChI is InChI=1S/C15H20N2O2/c1-4-17-14(15(18-2)19-3)12-7-5-6-11-8-9-16-10-13(11)12/h5-10,14-15,17H,4H2,1-3H3. The zero-order chi connectivity index (χ0) is 13.7. The van der Waals surface area contributed by atoms with Crippen molar-refractivity contribution >= 4 is 10.8 Å². The number of ether oxygens (including phenoxy) is 2. The van der Waals surface area contributed by atoms with E-state index in [2.05, 4.69) is 29.4 Å².